The van der Waals surface area contributed by atoms with Crippen molar-refractivity contribution < 1.29 is 9.59 Å². The zero-order chi connectivity index (χ0) is 19.5. The zero-order valence-corrected chi connectivity index (χ0v) is 15.7. The maximum atomic E-state index is 13.1. The van der Waals surface area contributed by atoms with E-state index in [-0.39, 0.29) is 17.9 Å². The third kappa shape index (κ3) is 3.67. The Bertz CT molecular complexity index is 997. The van der Waals surface area contributed by atoms with Gasteiger partial charge in [-0.05, 0) is 43.2 Å². The van der Waals surface area contributed by atoms with E-state index in [0.29, 0.717) is 24.2 Å². The number of anilines is 2. The Morgan fingerprint density at radius 2 is 2.04 bits per heavy atom. The number of nitrogens with zero attached hydrogens (tertiary/aromatic N) is 3. The van der Waals surface area contributed by atoms with Crippen LogP contribution < -0.4 is 10.2 Å². The molecule has 2 aromatic carbocycles. The number of aryl methyl sites for hydroxylation is 1. The molecule has 1 aromatic heterocycles. The second kappa shape index (κ2) is 7.68. The molecule has 2 amide bonds. The Morgan fingerprint density at radius 3 is 2.86 bits per heavy atom. The molecule has 0 aliphatic carbocycles. The number of nitrogens with one attached hydrogen (secondary N) is 1. The van der Waals surface area contributed by atoms with Gasteiger partial charge in [-0.1, -0.05) is 24.3 Å². The van der Waals surface area contributed by atoms with Gasteiger partial charge < -0.3 is 14.8 Å². The summed E-state index contributed by atoms with van der Waals surface area (Å²) in [6.45, 7) is 2.62. The summed E-state index contributed by atoms with van der Waals surface area (Å²) in [5.41, 5.74) is 3.35. The van der Waals surface area contributed by atoms with Crippen molar-refractivity contribution in [2.75, 3.05) is 10.2 Å². The van der Waals surface area contributed by atoms with Gasteiger partial charge >= 0.3 is 0 Å². The standard InChI is InChI=1S/C22H22N4O2/c1-16-13-17-5-2-3-8-20(17)26(16)22(28)18-6-4-7-19(14-18)24-21(27)9-11-25-12-10-23-15-25/h2-8,10,12,14-16H,9,11,13H2,1H3,(H,24,27)/t16-/m0/s1. The summed E-state index contributed by atoms with van der Waals surface area (Å²) in [6.07, 6.45) is 6.38. The van der Waals surface area contributed by atoms with Gasteiger partial charge in [-0.25, -0.2) is 4.98 Å². The van der Waals surface area contributed by atoms with Crippen LogP contribution in [0, 0.1) is 0 Å². The molecule has 28 heavy (non-hydrogen) atoms. The minimum absolute atomic E-state index is 0.0491. The lowest BCUT2D eigenvalue weighted by Gasteiger charge is -2.23. The monoisotopic (exact) mass is 374 g/mol. The average Bonchev–Trinajstić information content (AvgIpc) is 3.33. The molecule has 0 bridgehead atoms. The number of para-hydroxylation sites is 1. The van der Waals surface area contributed by atoms with Crippen molar-refractivity contribution in [3.63, 3.8) is 0 Å². The first-order chi connectivity index (χ1) is 13.6. The summed E-state index contributed by atoms with van der Waals surface area (Å²) in [4.78, 5) is 31.2. The number of hydrogen-bond acceptors (Lipinski definition) is 3. The second-order valence-corrected chi connectivity index (χ2v) is 7.04. The molecule has 6 heteroatoms. The summed E-state index contributed by atoms with van der Waals surface area (Å²) in [6, 6.07) is 15.2. The average molecular weight is 374 g/mol. The number of amides is 2. The van der Waals surface area contributed by atoms with Crippen LogP contribution in [0.25, 0.3) is 0 Å². The molecule has 1 atom stereocenters. The Labute approximate surface area is 163 Å². The Kier molecular flexibility index (Phi) is 4.93. The van der Waals surface area contributed by atoms with Crippen LogP contribution >= 0.6 is 0 Å². The predicted octanol–water partition coefficient (Wildman–Crippen LogP) is 3.50. The minimum Gasteiger partial charge on any atom is -0.337 e. The first kappa shape index (κ1) is 18.0. The fourth-order valence-electron chi connectivity index (χ4n) is 3.62. The molecule has 0 spiro atoms. The fraction of sp³-hybridized carbons (Fsp3) is 0.227. The molecule has 0 fully saturated rings. The minimum atomic E-state index is -0.0989. The Hall–Kier alpha value is -3.41. The molecular weight excluding hydrogens is 352 g/mol. The molecule has 2 heterocycles. The lowest BCUT2D eigenvalue weighted by Crippen LogP contribution is -2.35. The van der Waals surface area contributed by atoms with E-state index in [1.807, 2.05) is 33.9 Å². The van der Waals surface area contributed by atoms with Crippen LogP contribution in [-0.2, 0) is 17.8 Å². The fourth-order valence-corrected chi connectivity index (χ4v) is 3.62. The van der Waals surface area contributed by atoms with Gasteiger partial charge in [0, 0.05) is 48.3 Å². The van der Waals surface area contributed by atoms with E-state index < -0.39 is 0 Å². The van der Waals surface area contributed by atoms with Crippen molar-refractivity contribution in [3.05, 3.63) is 78.4 Å². The van der Waals surface area contributed by atoms with Gasteiger partial charge in [-0.2, -0.15) is 0 Å². The number of carbonyl (C=O) groups is 2. The molecule has 1 aliphatic heterocycles. The largest absolute Gasteiger partial charge is 0.337 e. The molecule has 0 unspecified atom stereocenters. The van der Waals surface area contributed by atoms with Gasteiger partial charge in [-0.15, -0.1) is 0 Å². The zero-order valence-electron chi connectivity index (χ0n) is 15.7. The second-order valence-electron chi connectivity index (χ2n) is 7.04. The van der Waals surface area contributed by atoms with Gasteiger partial charge in [-0.3, -0.25) is 9.59 Å². The number of carbonyl (C=O) groups excluding carboxylic acids is 2. The van der Waals surface area contributed by atoms with Crippen LogP contribution in [0.2, 0.25) is 0 Å². The van der Waals surface area contributed by atoms with Crippen molar-refractivity contribution in [1.29, 1.82) is 0 Å². The first-order valence-electron chi connectivity index (χ1n) is 9.39. The third-order valence-corrected chi connectivity index (χ3v) is 4.98. The molecule has 0 saturated carbocycles. The lowest BCUT2D eigenvalue weighted by atomic mass is 10.1. The Balaban J connectivity index is 1.46. The van der Waals surface area contributed by atoms with Gasteiger partial charge in [0.05, 0.1) is 6.33 Å². The van der Waals surface area contributed by atoms with Gasteiger partial charge in [0.25, 0.3) is 5.91 Å². The molecule has 142 valence electrons. The van der Waals surface area contributed by atoms with Crippen molar-refractivity contribution in [1.82, 2.24) is 9.55 Å². The van der Waals surface area contributed by atoms with Gasteiger partial charge in [0.2, 0.25) is 5.91 Å². The summed E-state index contributed by atoms with van der Waals surface area (Å²) in [7, 11) is 0. The number of aromatic nitrogens is 2. The summed E-state index contributed by atoms with van der Waals surface area (Å²) in [5.74, 6) is -0.148. The molecule has 0 saturated heterocycles. The SMILES string of the molecule is C[C@H]1Cc2ccccc2N1C(=O)c1cccc(NC(=O)CCn2ccnc2)c1. The number of fused-ring (bicyclic) bond motifs is 1. The number of hydrogen-bond donors (Lipinski definition) is 1. The highest BCUT2D eigenvalue weighted by molar-refractivity contribution is 6.08. The normalized spacial score (nSPS) is 15.3. The van der Waals surface area contributed by atoms with E-state index in [1.54, 1.807) is 36.8 Å². The summed E-state index contributed by atoms with van der Waals surface area (Å²) >= 11 is 0. The van der Waals surface area contributed by atoms with Gasteiger partial charge in [0.15, 0.2) is 0 Å². The highest BCUT2D eigenvalue weighted by Gasteiger charge is 2.31. The number of imidazole rings is 1. The van der Waals surface area contributed by atoms with E-state index in [0.717, 1.165) is 12.1 Å². The molecule has 1 aliphatic rings. The van der Waals surface area contributed by atoms with Crippen LogP contribution in [0.3, 0.4) is 0 Å². The maximum Gasteiger partial charge on any atom is 0.258 e. The number of benzene rings is 2. The van der Waals surface area contributed by atoms with Crippen LogP contribution in [0.4, 0.5) is 11.4 Å². The van der Waals surface area contributed by atoms with Crippen LogP contribution in [0.1, 0.15) is 29.3 Å². The maximum absolute atomic E-state index is 13.1. The summed E-state index contributed by atoms with van der Waals surface area (Å²) in [5, 5.41) is 2.88. The molecule has 0 radical (unpaired) electrons. The Morgan fingerprint density at radius 1 is 1.18 bits per heavy atom. The quantitative estimate of drug-likeness (QED) is 0.743. The molecule has 3 aromatic rings. The number of rotatable bonds is 5. The van der Waals surface area contributed by atoms with E-state index >= 15 is 0 Å². The van der Waals surface area contributed by atoms with Gasteiger partial charge in [0.1, 0.15) is 0 Å². The van der Waals surface area contributed by atoms with E-state index in [1.165, 1.54) is 5.56 Å². The third-order valence-electron chi connectivity index (χ3n) is 4.98. The van der Waals surface area contributed by atoms with Crippen molar-refractivity contribution in [3.8, 4) is 0 Å². The molecule has 4 rings (SSSR count). The van der Waals surface area contributed by atoms with E-state index in [9.17, 15) is 9.59 Å². The van der Waals surface area contributed by atoms with Crippen molar-refractivity contribution >= 4 is 23.2 Å². The molecule has 6 nitrogen and oxygen atoms in total. The van der Waals surface area contributed by atoms with Crippen LogP contribution in [-0.4, -0.2) is 27.4 Å². The molecular formula is C22H22N4O2. The smallest absolute Gasteiger partial charge is 0.258 e. The van der Waals surface area contributed by atoms with Crippen LogP contribution in [0.15, 0.2) is 67.3 Å². The molecule has 1 N–H and O–H groups in total. The highest BCUT2D eigenvalue weighted by atomic mass is 16.2. The first-order valence-corrected chi connectivity index (χ1v) is 9.39. The lowest BCUT2D eigenvalue weighted by molar-refractivity contribution is -0.116. The van der Waals surface area contributed by atoms with Crippen molar-refractivity contribution in [2.24, 2.45) is 0 Å². The highest BCUT2D eigenvalue weighted by Crippen LogP contribution is 2.33. The summed E-state index contributed by atoms with van der Waals surface area (Å²) < 4.78 is 1.85. The topological polar surface area (TPSA) is 67.2 Å². The van der Waals surface area contributed by atoms with E-state index in [4.69, 9.17) is 0 Å². The predicted molar refractivity (Wildman–Crippen MR) is 108 cm³/mol. The van der Waals surface area contributed by atoms with E-state index in [2.05, 4.69) is 23.3 Å². The van der Waals surface area contributed by atoms with Crippen molar-refractivity contribution in [2.45, 2.75) is 32.4 Å². The van der Waals surface area contributed by atoms with Crippen LogP contribution in [0.5, 0.6) is 0 Å².